The molecular formula is C19H24N6OS. The lowest BCUT2D eigenvalue weighted by Gasteiger charge is -2.32. The molecule has 2 amide bonds. The van der Waals surface area contributed by atoms with Gasteiger partial charge in [0.05, 0.1) is 11.3 Å². The van der Waals surface area contributed by atoms with Crippen molar-refractivity contribution in [2.45, 2.75) is 25.8 Å². The Morgan fingerprint density at radius 3 is 2.70 bits per heavy atom. The van der Waals surface area contributed by atoms with Gasteiger partial charge in [-0.15, -0.1) is 11.3 Å². The van der Waals surface area contributed by atoms with Gasteiger partial charge in [0.15, 0.2) is 5.13 Å². The molecule has 1 saturated heterocycles. The number of piperidine rings is 1. The van der Waals surface area contributed by atoms with Gasteiger partial charge in [0.25, 0.3) is 0 Å². The monoisotopic (exact) mass is 384 g/mol. The minimum absolute atomic E-state index is 0.119. The average Bonchev–Trinajstić information content (AvgIpc) is 3.17. The molecule has 2 aromatic rings. The molecule has 0 atom stereocenters. The van der Waals surface area contributed by atoms with Crippen LogP contribution in [0.1, 0.15) is 24.0 Å². The summed E-state index contributed by atoms with van der Waals surface area (Å²) >= 11 is 1.64. The molecule has 0 aliphatic carbocycles. The third-order valence-corrected chi connectivity index (χ3v) is 5.54. The fourth-order valence-electron chi connectivity index (χ4n) is 3.31. The van der Waals surface area contributed by atoms with Crippen LogP contribution in [-0.4, -0.2) is 44.2 Å². The Labute approximate surface area is 163 Å². The number of carbonyl (C=O) groups is 1. The summed E-state index contributed by atoms with van der Waals surface area (Å²) in [6.07, 6.45) is 3.56. The fourth-order valence-corrected chi connectivity index (χ4v) is 4.00. The van der Waals surface area contributed by atoms with Crippen molar-refractivity contribution < 1.29 is 4.79 Å². The summed E-state index contributed by atoms with van der Waals surface area (Å²) < 4.78 is 0. The highest BCUT2D eigenvalue weighted by molar-refractivity contribution is 7.13. The molecule has 142 valence electrons. The number of nitriles is 1. The SMILES string of the molecule is Cc1cc(NC(=O)NC2CCN(c3nccs3)CC2)c(C#N)cc1N(C)C. The van der Waals surface area contributed by atoms with Gasteiger partial charge in [-0.25, -0.2) is 9.78 Å². The second-order valence-electron chi connectivity index (χ2n) is 6.86. The van der Waals surface area contributed by atoms with E-state index in [2.05, 4.69) is 26.6 Å². The van der Waals surface area contributed by atoms with Crippen LogP contribution in [-0.2, 0) is 0 Å². The molecular weight excluding hydrogens is 360 g/mol. The first-order valence-corrected chi connectivity index (χ1v) is 9.80. The third-order valence-electron chi connectivity index (χ3n) is 4.71. The third kappa shape index (κ3) is 4.49. The van der Waals surface area contributed by atoms with Crippen LogP contribution in [0.5, 0.6) is 0 Å². The van der Waals surface area contributed by atoms with Crippen LogP contribution in [0.15, 0.2) is 23.7 Å². The van der Waals surface area contributed by atoms with Crippen LogP contribution in [0.2, 0.25) is 0 Å². The van der Waals surface area contributed by atoms with Crippen LogP contribution < -0.4 is 20.4 Å². The average molecular weight is 385 g/mol. The number of urea groups is 1. The van der Waals surface area contributed by atoms with E-state index in [1.165, 1.54) is 0 Å². The second-order valence-corrected chi connectivity index (χ2v) is 7.74. The van der Waals surface area contributed by atoms with E-state index in [1.54, 1.807) is 17.4 Å². The van der Waals surface area contributed by atoms with E-state index in [0.717, 1.165) is 42.3 Å². The molecule has 1 aliphatic rings. The van der Waals surface area contributed by atoms with Gasteiger partial charge >= 0.3 is 6.03 Å². The molecule has 1 aromatic heterocycles. The van der Waals surface area contributed by atoms with Gasteiger partial charge in [-0.2, -0.15) is 5.26 Å². The van der Waals surface area contributed by atoms with Gasteiger partial charge < -0.3 is 20.4 Å². The summed E-state index contributed by atoms with van der Waals surface area (Å²) in [6.45, 7) is 3.71. The Morgan fingerprint density at radius 1 is 1.37 bits per heavy atom. The Hall–Kier alpha value is -2.79. The number of benzene rings is 1. The van der Waals surface area contributed by atoms with Gasteiger partial charge in [-0.05, 0) is 37.5 Å². The number of rotatable bonds is 4. The van der Waals surface area contributed by atoms with E-state index in [-0.39, 0.29) is 12.1 Å². The first kappa shape index (κ1) is 19.0. The minimum atomic E-state index is -0.267. The zero-order valence-electron chi connectivity index (χ0n) is 15.8. The van der Waals surface area contributed by atoms with Crippen molar-refractivity contribution >= 4 is 33.9 Å². The molecule has 1 fully saturated rings. The number of amides is 2. The Kier molecular flexibility index (Phi) is 5.81. The van der Waals surface area contributed by atoms with Gasteiger partial charge in [-0.3, -0.25) is 0 Å². The second kappa shape index (κ2) is 8.27. The van der Waals surface area contributed by atoms with Crippen LogP contribution >= 0.6 is 11.3 Å². The maximum Gasteiger partial charge on any atom is 0.319 e. The van der Waals surface area contributed by atoms with E-state index in [1.807, 2.05) is 43.6 Å². The number of aryl methyl sites for hydroxylation is 1. The van der Waals surface area contributed by atoms with Crippen molar-refractivity contribution in [3.05, 3.63) is 34.8 Å². The molecule has 1 aromatic carbocycles. The van der Waals surface area contributed by atoms with Crippen LogP contribution in [0, 0.1) is 18.3 Å². The molecule has 0 spiro atoms. The van der Waals surface area contributed by atoms with Gasteiger partial charge in [0, 0.05) is 50.5 Å². The summed E-state index contributed by atoms with van der Waals surface area (Å²) in [5, 5.41) is 18.3. The van der Waals surface area contributed by atoms with Crippen LogP contribution in [0.3, 0.4) is 0 Å². The highest BCUT2D eigenvalue weighted by Crippen LogP contribution is 2.26. The first-order valence-electron chi connectivity index (χ1n) is 8.92. The van der Waals surface area contributed by atoms with Crippen LogP contribution in [0.25, 0.3) is 0 Å². The van der Waals surface area contributed by atoms with Crippen LogP contribution in [0.4, 0.5) is 21.3 Å². The van der Waals surface area contributed by atoms with Crippen molar-refractivity contribution in [3.63, 3.8) is 0 Å². The van der Waals surface area contributed by atoms with Crippen molar-refractivity contribution in [2.24, 2.45) is 0 Å². The summed E-state index contributed by atoms with van der Waals surface area (Å²) in [7, 11) is 3.86. The maximum atomic E-state index is 12.4. The molecule has 0 saturated carbocycles. The Balaban J connectivity index is 1.58. The maximum absolute atomic E-state index is 12.4. The summed E-state index contributed by atoms with van der Waals surface area (Å²) in [4.78, 5) is 21.0. The first-order chi connectivity index (χ1) is 13.0. The number of nitrogens with zero attached hydrogens (tertiary/aromatic N) is 4. The van der Waals surface area contributed by atoms with Gasteiger partial charge in [0.1, 0.15) is 6.07 Å². The molecule has 8 heteroatoms. The predicted octanol–water partition coefficient (Wildman–Crippen LogP) is 3.18. The smallest absolute Gasteiger partial charge is 0.319 e. The highest BCUT2D eigenvalue weighted by Gasteiger charge is 2.22. The minimum Gasteiger partial charge on any atom is -0.377 e. The Morgan fingerprint density at radius 2 is 2.11 bits per heavy atom. The quantitative estimate of drug-likeness (QED) is 0.846. The van der Waals surface area contributed by atoms with E-state index in [4.69, 9.17) is 0 Å². The highest BCUT2D eigenvalue weighted by atomic mass is 32.1. The lowest BCUT2D eigenvalue weighted by molar-refractivity contribution is 0.246. The molecule has 7 nitrogen and oxygen atoms in total. The zero-order valence-corrected chi connectivity index (χ0v) is 16.6. The number of aromatic nitrogens is 1. The lowest BCUT2D eigenvalue weighted by atomic mass is 10.1. The normalized spacial score (nSPS) is 14.5. The molecule has 27 heavy (non-hydrogen) atoms. The number of anilines is 3. The number of hydrogen-bond acceptors (Lipinski definition) is 6. The number of carbonyl (C=O) groups excluding carboxylic acids is 1. The molecule has 0 radical (unpaired) electrons. The summed E-state index contributed by atoms with van der Waals surface area (Å²) in [5.74, 6) is 0. The summed E-state index contributed by atoms with van der Waals surface area (Å²) in [5.41, 5.74) is 2.97. The molecule has 3 rings (SSSR count). The Bertz CT molecular complexity index is 835. The van der Waals surface area contributed by atoms with E-state index >= 15 is 0 Å². The number of thiazole rings is 1. The molecule has 0 unspecified atom stereocenters. The van der Waals surface area contributed by atoms with Gasteiger partial charge in [0.2, 0.25) is 0 Å². The van der Waals surface area contributed by atoms with E-state index < -0.39 is 0 Å². The van der Waals surface area contributed by atoms with E-state index in [9.17, 15) is 10.1 Å². The molecule has 1 aliphatic heterocycles. The topological polar surface area (TPSA) is 84.3 Å². The molecule has 0 bridgehead atoms. The zero-order chi connectivity index (χ0) is 19.4. The number of hydrogen-bond donors (Lipinski definition) is 2. The molecule has 2 N–H and O–H groups in total. The van der Waals surface area contributed by atoms with Crippen molar-refractivity contribution in [1.29, 1.82) is 5.26 Å². The molecule has 2 heterocycles. The van der Waals surface area contributed by atoms with Crippen molar-refractivity contribution in [2.75, 3.05) is 42.3 Å². The van der Waals surface area contributed by atoms with Gasteiger partial charge in [-0.1, -0.05) is 0 Å². The lowest BCUT2D eigenvalue weighted by Crippen LogP contribution is -2.46. The van der Waals surface area contributed by atoms with Crippen molar-refractivity contribution in [3.8, 4) is 6.07 Å². The largest absolute Gasteiger partial charge is 0.377 e. The summed E-state index contributed by atoms with van der Waals surface area (Å²) in [6, 6.07) is 5.67. The predicted molar refractivity (Wildman–Crippen MR) is 110 cm³/mol. The van der Waals surface area contributed by atoms with E-state index in [0.29, 0.717) is 11.3 Å². The standard InChI is InChI=1S/C19H24N6OS/c1-13-10-16(14(12-20)11-17(13)24(2)3)23-18(26)22-15-4-7-25(8-5-15)19-21-6-9-27-19/h6,9-11,15H,4-5,7-8H2,1-3H3,(H2,22,23,26). The van der Waals surface area contributed by atoms with Crippen molar-refractivity contribution in [1.82, 2.24) is 10.3 Å². The number of nitrogens with one attached hydrogen (secondary N) is 2. The fraction of sp³-hybridized carbons (Fsp3) is 0.421.